The summed E-state index contributed by atoms with van der Waals surface area (Å²) in [5, 5.41) is 10.7. The number of nitrogens with two attached hydrogens (primary N) is 1. The van der Waals surface area contributed by atoms with Crippen molar-refractivity contribution in [3.05, 3.63) is 39.9 Å². The van der Waals surface area contributed by atoms with Gasteiger partial charge in [-0.3, -0.25) is 14.9 Å². The molecule has 0 aliphatic carbocycles. The second-order valence-corrected chi connectivity index (χ2v) is 5.08. The highest BCUT2D eigenvalue weighted by atomic mass is 35.5. The average Bonchev–Trinajstić information content (AvgIpc) is 2.47. The number of piperidine rings is 1. The average molecular weight is 314 g/mol. The number of non-ortho nitro benzene ring substituents is 1. The summed E-state index contributed by atoms with van der Waals surface area (Å²) < 4.78 is 0. The van der Waals surface area contributed by atoms with E-state index in [9.17, 15) is 14.9 Å². The molecule has 1 aliphatic rings. The summed E-state index contributed by atoms with van der Waals surface area (Å²) in [4.78, 5) is 24.4. The number of halogens is 1. The summed E-state index contributed by atoms with van der Waals surface area (Å²) in [5.74, 6) is 0.000600. The van der Waals surface area contributed by atoms with Crippen molar-refractivity contribution in [3.63, 3.8) is 0 Å². The number of rotatable bonds is 4. The van der Waals surface area contributed by atoms with E-state index >= 15 is 0 Å². The summed E-state index contributed by atoms with van der Waals surface area (Å²) >= 11 is 0. The predicted molar refractivity (Wildman–Crippen MR) is 82.5 cm³/mol. The van der Waals surface area contributed by atoms with Crippen molar-refractivity contribution in [2.45, 2.75) is 31.7 Å². The van der Waals surface area contributed by atoms with E-state index in [1.165, 1.54) is 12.1 Å². The third-order valence-electron chi connectivity index (χ3n) is 3.70. The molecule has 1 atom stereocenters. The van der Waals surface area contributed by atoms with Gasteiger partial charge in [-0.25, -0.2) is 0 Å². The van der Waals surface area contributed by atoms with Crippen molar-refractivity contribution in [1.29, 1.82) is 0 Å². The van der Waals surface area contributed by atoms with Gasteiger partial charge < -0.3 is 10.6 Å². The minimum absolute atomic E-state index is 0. The van der Waals surface area contributed by atoms with E-state index < -0.39 is 4.92 Å². The predicted octanol–water partition coefficient (Wildman–Crippen LogP) is 1.90. The Hall–Kier alpha value is -1.66. The van der Waals surface area contributed by atoms with E-state index in [1.807, 2.05) is 4.90 Å². The first-order chi connectivity index (χ1) is 9.61. The molecule has 0 bridgehead atoms. The van der Waals surface area contributed by atoms with Gasteiger partial charge in [0.15, 0.2) is 0 Å². The molecule has 1 fully saturated rings. The van der Waals surface area contributed by atoms with Crippen LogP contribution in [-0.2, 0) is 11.2 Å². The Labute approximate surface area is 129 Å². The standard InChI is InChI=1S/C14H19N3O3.ClH/c15-10-13-5-1-2-7-16(13)14(18)9-11-4-3-6-12(8-11)17(19)20;/h3-4,6,8,13H,1-2,5,7,9-10,15H2;1H. The van der Waals surface area contributed by atoms with Gasteiger partial charge in [0.1, 0.15) is 0 Å². The topological polar surface area (TPSA) is 89.5 Å². The molecule has 7 heteroatoms. The van der Waals surface area contributed by atoms with Gasteiger partial charge in [-0.2, -0.15) is 0 Å². The molecule has 1 amide bonds. The number of hydrogen-bond donors (Lipinski definition) is 1. The molecule has 1 aliphatic heterocycles. The Balaban J connectivity index is 0.00000220. The largest absolute Gasteiger partial charge is 0.338 e. The number of carbonyl (C=O) groups excluding carboxylic acids is 1. The molecule has 21 heavy (non-hydrogen) atoms. The Morgan fingerprint density at radius 2 is 2.19 bits per heavy atom. The summed E-state index contributed by atoms with van der Waals surface area (Å²) in [6, 6.07) is 6.34. The molecule has 1 aromatic rings. The molecule has 1 heterocycles. The van der Waals surface area contributed by atoms with Crippen LogP contribution in [0.15, 0.2) is 24.3 Å². The fourth-order valence-electron chi connectivity index (χ4n) is 2.63. The normalized spacial score (nSPS) is 18.0. The van der Waals surface area contributed by atoms with Gasteiger partial charge in [-0.15, -0.1) is 12.4 Å². The minimum atomic E-state index is -0.447. The summed E-state index contributed by atoms with van der Waals surface area (Å²) in [6.45, 7) is 1.20. The number of likely N-dealkylation sites (tertiary alicyclic amines) is 1. The number of benzene rings is 1. The fourth-order valence-corrected chi connectivity index (χ4v) is 2.63. The first kappa shape index (κ1) is 17.4. The van der Waals surface area contributed by atoms with Crippen LogP contribution in [0.3, 0.4) is 0 Å². The maximum atomic E-state index is 12.3. The third-order valence-corrected chi connectivity index (χ3v) is 3.70. The molecule has 0 spiro atoms. The zero-order valence-electron chi connectivity index (χ0n) is 11.7. The number of hydrogen-bond acceptors (Lipinski definition) is 4. The van der Waals surface area contributed by atoms with Crippen LogP contribution in [0.2, 0.25) is 0 Å². The van der Waals surface area contributed by atoms with Gasteiger partial charge in [0.05, 0.1) is 11.3 Å². The molecular weight excluding hydrogens is 294 g/mol. The van der Waals surface area contributed by atoms with Crippen LogP contribution in [0.4, 0.5) is 5.69 Å². The number of nitro benzene ring substituents is 1. The Bertz CT molecular complexity index is 510. The van der Waals surface area contributed by atoms with Gasteiger partial charge in [0.2, 0.25) is 5.91 Å². The number of carbonyl (C=O) groups is 1. The number of nitro groups is 1. The van der Waals surface area contributed by atoms with Crippen molar-refractivity contribution in [3.8, 4) is 0 Å². The molecule has 6 nitrogen and oxygen atoms in total. The SMILES string of the molecule is Cl.NCC1CCCCN1C(=O)Cc1cccc([N+](=O)[O-])c1. The van der Waals surface area contributed by atoms with Crippen LogP contribution in [-0.4, -0.2) is 34.9 Å². The Kier molecular flexibility index (Phi) is 6.58. The molecule has 0 saturated carbocycles. The molecule has 116 valence electrons. The number of nitrogens with zero attached hydrogens (tertiary/aromatic N) is 2. The smallest absolute Gasteiger partial charge is 0.269 e. The Morgan fingerprint density at radius 3 is 2.86 bits per heavy atom. The lowest BCUT2D eigenvalue weighted by Gasteiger charge is -2.35. The van der Waals surface area contributed by atoms with E-state index in [2.05, 4.69) is 0 Å². The monoisotopic (exact) mass is 313 g/mol. The van der Waals surface area contributed by atoms with Crippen LogP contribution >= 0.6 is 12.4 Å². The maximum Gasteiger partial charge on any atom is 0.269 e. The molecule has 0 radical (unpaired) electrons. The highest BCUT2D eigenvalue weighted by Crippen LogP contribution is 2.19. The van der Waals surface area contributed by atoms with Gasteiger partial charge in [0, 0.05) is 31.3 Å². The quantitative estimate of drug-likeness (QED) is 0.679. The van der Waals surface area contributed by atoms with E-state index in [-0.39, 0.29) is 36.5 Å². The van der Waals surface area contributed by atoms with Crippen LogP contribution in [0.25, 0.3) is 0 Å². The molecule has 1 unspecified atom stereocenters. The lowest BCUT2D eigenvalue weighted by molar-refractivity contribution is -0.384. The Morgan fingerprint density at radius 1 is 1.43 bits per heavy atom. The first-order valence-electron chi connectivity index (χ1n) is 6.84. The van der Waals surface area contributed by atoms with Crippen molar-refractivity contribution >= 4 is 24.0 Å². The summed E-state index contributed by atoms with van der Waals surface area (Å²) in [6.07, 6.45) is 3.23. The van der Waals surface area contributed by atoms with Crippen LogP contribution < -0.4 is 5.73 Å². The second kappa shape index (κ2) is 7.95. The van der Waals surface area contributed by atoms with Crippen molar-refractivity contribution in [2.24, 2.45) is 5.73 Å². The van der Waals surface area contributed by atoms with E-state index in [1.54, 1.807) is 12.1 Å². The van der Waals surface area contributed by atoms with Crippen LogP contribution in [0.1, 0.15) is 24.8 Å². The van der Waals surface area contributed by atoms with Gasteiger partial charge in [0.25, 0.3) is 5.69 Å². The van der Waals surface area contributed by atoms with Crippen molar-refractivity contribution in [2.75, 3.05) is 13.1 Å². The maximum absolute atomic E-state index is 12.3. The zero-order valence-corrected chi connectivity index (χ0v) is 12.6. The molecule has 2 N–H and O–H groups in total. The summed E-state index contributed by atoms with van der Waals surface area (Å²) in [7, 11) is 0. The van der Waals surface area contributed by atoms with Gasteiger partial charge in [-0.05, 0) is 24.8 Å². The van der Waals surface area contributed by atoms with E-state index in [4.69, 9.17) is 5.73 Å². The van der Waals surface area contributed by atoms with E-state index in [0.717, 1.165) is 25.8 Å². The molecule has 1 aromatic carbocycles. The lowest BCUT2D eigenvalue weighted by atomic mass is 10.0. The van der Waals surface area contributed by atoms with Crippen molar-refractivity contribution < 1.29 is 9.72 Å². The van der Waals surface area contributed by atoms with E-state index in [0.29, 0.717) is 12.1 Å². The molecule has 2 rings (SSSR count). The highest BCUT2D eigenvalue weighted by Gasteiger charge is 2.25. The van der Waals surface area contributed by atoms with Gasteiger partial charge >= 0.3 is 0 Å². The van der Waals surface area contributed by atoms with Crippen LogP contribution in [0.5, 0.6) is 0 Å². The minimum Gasteiger partial charge on any atom is -0.338 e. The fraction of sp³-hybridized carbons (Fsp3) is 0.500. The second-order valence-electron chi connectivity index (χ2n) is 5.08. The molecule has 0 aromatic heterocycles. The lowest BCUT2D eigenvalue weighted by Crippen LogP contribution is -2.48. The first-order valence-corrected chi connectivity index (χ1v) is 6.84. The highest BCUT2D eigenvalue weighted by molar-refractivity contribution is 5.85. The zero-order chi connectivity index (χ0) is 14.5. The molecular formula is C14H20ClN3O3. The van der Waals surface area contributed by atoms with Crippen LogP contribution in [0, 0.1) is 10.1 Å². The third kappa shape index (κ3) is 4.41. The molecule has 1 saturated heterocycles. The van der Waals surface area contributed by atoms with Crippen molar-refractivity contribution in [1.82, 2.24) is 4.90 Å². The summed E-state index contributed by atoms with van der Waals surface area (Å²) in [5.41, 5.74) is 6.40. The number of amides is 1. The van der Waals surface area contributed by atoms with Gasteiger partial charge in [-0.1, -0.05) is 12.1 Å².